The molecule has 1 fully saturated rings. The maximum Gasteiger partial charge on any atom is 0.251 e. The number of hydrogen-bond donors (Lipinski definition) is 3. The topological polar surface area (TPSA) is 70.2 Å². The number of amides is 2. The van der Waals surface area contributed by atoms with Crippen LogP contribution in [0.3, 0.4) is 0 Å². The molecule has 0 unspecified atom stereocenters. The van der Waals surface area contributed by atoms with Crippen molar-refractivity contribution in [3.63, 3.8) is 0 Å². The van der Waals surface area contributed by atoms with Crippen molar-refractivity contribution in [1.82, 2.24) is 16.0 Å². The van der Waals surface area contributed by atoms with Gasteiger partial charge in [0, 0.05) is 31.3 Å². The Hall–Kier alpha value is -1.92. The third-order valence-electron chi connectivity index (χ3n) is 3.45. The second-order valence-corrected chi connectivity index (χ2v) is 5.52. The second kappa shape index (κ2) is 6.89. The van der Waals surface area contributed by atoms with E-state index in [4.69, 9.17) is 11.6 Å². The van der Waals surface area contributed by atoms with Crippen molar-refractivity contribution in [3.8, 4) is 0 Å². The molecule has 3 N–H and O–H groups in total. The first-order chi connectivity index (χ1) is 10.4. The Morgan fingerprint density at radius 1 is 1.50 bits per heavy atom. The van der Waals surface area contributed by atoms with Crippen LogP contribution in [0, 0.1) is 5.82 Å². The van der Waals surface area contributed by atoms with E-state index in [1.165, 1.54) is 19.2 Å². The highest BCUT2D eigenvalue weighted by Gasteiger charge is 2.24. The van der Waals surface area contributed by atoms with Crippen LogP contribution in [-0.2, 0) is 11.3 Å². The van der Waals surface area contributed by atoms with Crippen LogP contribution < -0.4 is 16.0 Å². The lowest BCUT2D eigenvalue weighted by Crippen LogP contribution is -2.40. The highest BCUT2D eigenvalue weighted by atomic mass is 35.5. The monoisotopic (exact) mass is 325 g/mol. The fourth-order valence-corrected chi connectivity index (χ4v) is 2.48. The minimum absolute atomic E-state index is 0.0418. The van der Waals surface area contributed by atoms with Gasteiger partial charge in [0.05, 0.1) is 11.1 Å². The lowest BCUT2D eigenvalue weighted by molar-refractivity contribution is -0.122. The molecule has 1 aromatic carbocycles. The van der Waals surface area contributed by atoms with E-state index in [0.29, 0.717) is 13.0 Å². The van der Waals surface area contributed by atoms with Gasteiger partial charge in [-0.1, -0.05) is 23.8 Å². The van der Waals surface area contributed by atoms with Crippen molar-refractivity contribution in [2.75, 3.05) is 13.6 Å². The predicted molar refractivity (Wildman–Crippen MR) is 82.2 cm³/mol. The average molecular weight is 326 g/mol. The maximum atomic E-state index is 14.0. The van der Waals surface area contributed by atoms with Gasteiger partial charge < -0.3 is 16.0 Å². The molecule has 0 saturated carbocycles. The van der Waals surface area contributed by atoms with Crippen LogP contribution in [0.4, 0.5) is 4.39 Å². The fraction of sp³-hybridized carbons (Fsp3) is 0.333. The quantitative estimate of drug-likeness (QED) is 0.732. The van der Waals surface area contributed by atoms with E-state index in [2.05, 4.69) is 22.5 Å². The predicted octanol–water partition coefficient (Wildman–Crippen LogP) is 1.37. The molecule has 2 rings (SSSR count). The molecule has 1 aromatic rings. The third kappa shape index (κ3) is 3.64. The molecule has 1 atom stereocenters. The van der Waals surface area contributed by atoms with Gasteiger partial charge in [-0.3, -0.25) is 9.59 Å². The van der Waals surface area contributed by atoms with Gasteiger partial charge in [0.1, 0.15) is 5.82 Å². The molecule has 2 amide bonds. The summed E-state index contributed by atoms with van der Waals surface area (Å²) >= 11 is 5.79. The summed E-state index contributed by atoms with van der Waals surface area (Å²) in [6.07, 6.45) is 0.563. The SMILES string of the molecule is C=C1CN[C@H](C(=O)NCc2cc(C(=O)NC)cc(Cl)c2F)C1. The zero-order valence-corrected chi connectivity index (χ0v) is 12.9. The molecule has 22 heavy (non-hydrogen) atoms. The largest absolute Gasteiger partial charge is 0.355 e. The molecular formula is C15H17ClFN3O2. The van der Waals surface area contributed by atoms with E-state index in [9.17, 15) is 14.0 Å². The molecule has 1 saturated heterocycles. The van der Waals surface area contributed by atoms with Gasteiger partial charge in [-0.25, -0.2) is 4.39 Å². The van der Waals surface area contributed by atoms with Crippen molar-refractivity contribution >= 4 is 23.4 Å². The highest BCUT2D eigenvalue weighted by molar-refractivity contribution is 6.31. The van der Waals surface area contributed by atoms with Gasteiger partial charge in [-0.15, -0.1) is 0 Å². The van der Waals surface area contributed by atoms with Crippen LogP contribution in [-0.4, -0.2) is 31.4 Å². The number of nitrogens with one attached hydrogen (secondary N) is 3. The first-order valence-electron chi connectivity index (χ1n) is 6.80. The summed E-state index contributed by atoms with van der Waals surface area (Å²) in [5.41, 5.74) is 1.36. The van der Waals surface area contributed by atoms with Crippen molar-refractivity contribution < 1.29 is 14.0 Å². The zero-order chi connectivity index (χ0) is 16.3. The molecule has 1 aliphatic rings. The Bertz CT molecular complexity index is 633. The van der Waals surface area contributed by atoms with Crippen molar-refractivity contribution in [3.05, 3.63) is 46.3 Å². The number of hydrogen-bond acceptors (Lipinski definition) is 3. The Kier molecular flexibility index (Phi) is 5.15. The Morgan fingerprint density at radius 2 is 2.23 bits per heavy atom. The minimum atomic E-state index is -0.640. The molecule has 1 aliphatic heterocycles. The number of carbonyl (C=O) groups is 2. The van der Waals surface area contributed by atoms with Crippen molar-refractivity contribution in [2.24, 2.45) is 0 Å². The van der Waals surface area contributed by atoms with Crippen LogP contribution in [0.2, 0.25) is 5.02 Å². The molecule has 0 aromatic heterocycles. The van der Waals surface area contributed by atoms with Crippen LogP contribution in [0.1, 0.15) is 22.3 Å². The molecule has 5 nitrogen and oxygen atoms in total. The van der Waals surface area contributed by atoms with E-state index in [1.807, 2.05) is 0 Å². The highest BCUT2D eigenvalue weighted by Crippen LogP contribution is 2.21. The van der Waals surface area contributed by atoms with Crippen LogP contribution >= 0.6 is 11.6 Å². The van der Waals surface area contributed by atoms with Gasteiger partial charge in [0.25, 0.3) is 5.91 Å². The summed E-state index contributed by atoms with van der Waals surface area (Å²) in [5.74, 6) is -1.25. The smallest absolute Gasteiger partial charge is 0.251 e. The maximum absolute atomic E-state index is 14.0. The van der Waals surface area contributed by atoms with Gasteiger partial charge in [-0.2, -0.15) is 0 Å². The number of benzene rings is 1. The minimum Gasteiger partial charge on any atom is -0.355 e. The first kappa shape index (κ1) is 16.5. The normalized spacial score (nSPS) is 17.4. The number of carbonyl (C=O) groups excluding carboxylic acids is 2. The fourth-order valence-electron chi connectivity index (χ4n) is 2.24. The molecule has 7 heteroatoms. The van der Waals surface area contributed by atoms with E-state index < -0.39 is 5.82 Å². The average Bonchev–Trinajstić information content (AvgIpc) is 2.94. The van der Waals surface area contributed by atoms with Crippen LogP contribution in [0.5, 0.6) is 0 Å². The summed E-state index contributed by atoms with van der Waals surface area (Å²) in [4.78, 5) is 23.6. The van der Waals surface area contributed by atoms with E-state index in [-0.39, 0.29) is 40.6 Å². The van der Waals surface area contributed by atoms with E-state index >= 15 is 0 Å². The molecule has 118 valence electrons. The van der Waals surface area contributed by atoms with Gasteiger partial charge >= 0.3 is 0 Å². The number of rotatable bonds is 4. The van der Waals surface area contributed by atoms with Crippen molar-refractivity contribution in [1.29, 1.82) is 0 Å². The van der Waals surface area contributed by atoms with Crippen molar-refractivity contribution in [2.45, 2.75) is 19.0 Å². The standard InChI is InChI=1S/C15H17ClFN3O2/c1-8-3-12(19-6-8)15(22)20-7-10-4-9(14(21)18-2)5-11(16)13(10)17/h4-5,12,19H,1,3,6-7H2,2H3,(H,18,21)(H,20,22)/t12-/m0/s1. The summed E-state index contributed by atoms with van der Waals surface area (Å²) in [7, 11) is 1.47. The lowest BCUT2D eigenvalue weighted by Gasteiger charge is -2.12. The molecule has 0 spiro atoms. The molecule has 0 bridgehead atoms. The van der Waals surface area contributed by atoms with Gasteiger partial charge in [0.2, 0.25) is 5.91 Å². The molecule has 1 heterocycles. The summed E-state index contributed by atoms with van der Waals surface area (Å²) < 4.78 is 14.0. The van der Waals surface area contributed by atoms with Crippen LogP contribution in [0.25, 0.3) is 0 Å². The Labute approximate surface area is 132 Å². The van der Waals surface area contributed by atoms with E-state index in [1.54, 1.807) is 0 Å². The summed E-state index contributed by atoms with van der Waals surface area (Å²) in [6.45, 7) is 4.37. The van der Waals surface area contributed by atoms with E-state index in [0.717, 1.165) is 5.57 Å². The number of halogens is 2. The lowest BCUT2D eigenvalue weighted by atomic mass is 10.1. The first-order valence-corrected chi connectivity index (χ1v) is 7.18. The molecule has 0 radical (unpaired) electrons. The van der Waals surface area contributed by atoms with Crippen LogP contribution in [0.15, 0.2) is 24.3 Å². The summed E-state index contributed by atoms with van der Waals surface area (Å²) in [5, 5.41) is 7.94. The Morgan fingerprint density at radius 3 is 2.82 bits per heavy atom. The summed E-state index contributed by atoms with van der Waals surface area (Å²) in [6, 6.07) is 2.28. The van der Waals surface area contributed by atoms with Gasteiger partial charge in [0.15, 0.2) is 0 Å². The Balaban J connectivity index is 2.08. The van der Waals surface area contributed by atoms with Gasteiger partial charge in [-0.05, 0) is 18.6 Å². The zero-order valence-electron chi connectivity index (χ0n) is 12.1. The third-order valence-corrected chi connectivity index (χ3v) is 3.73. The molecule has 0 aliphatic carbocycles. The molecular weight excluding hydrogens is 309 g/mol. The second-order valence-electron chi connectivity index (χ2n) is 5.12.